The molecule has 2 aliphatic rings. The zero-order valence-corrected chi connectivity index (χ0v) is 15.5. The number of aliphatic hydroxyl groups is 2. The fraction of sp³-hybridized carbons (Fsp3) is 0.765. The highest BCUT2D eigenvalue weighted by Gasteiger charge is 2.39. The highest BCUT2D eigenvalue weighted by molar-refractivity contribution is 5.87. The van der Waals surface area contributed by atoms with Crippen LogP contribution in [0.4, 0.5) is 0 Å². The molecule has 2 aliphatic heterocycles. The highest BCUT2D eigenvalue weighted by atomic mass is 16.6. The number of hydrogen-bond donors (Lipinski definition) is 2. The summed E-state index contributed by atoms with van der Waals surface area (Å²) in [6.07, 6.45) is 0.109. The summed E-state index contributed by atoms with van der Waals surface area (Å²) >= 11 is 0. The van der Waals surface area contributed by atoms with Gasteiger partial charge in [0.25, 0.3) is 0 Å². The van der Waals surface area contributed by atoms with E-state index in [0.29, 0.717) is 0 Å². The van der Waals surface area contributed by atoms with Gasteiger partial charge in [-0.1, -0.05) is 0 Å². The molecule has 0 aliphatic carbocycles. The third kappa shape index (κ3) is 4.95. The smallest absolute Gasteiger partial charge is 0.311 e. The normalized spacial score (nSPS) is 23.1. The second-order valence-corrected chi connectivity index (χ2v) is 7.38. The number of esters is 2. The Morgan fingerprint density at radius 1 is 0.926 bits per heavy atom. The van der Waals surface area contributed by atoms with Gasteiger partial charge in [-0.15, -0.1) is 0 Å². The Balaban J connectivity index is 1.87. The molecule has 2 amide bonds. The molecule has 0 bridgehead atoms. The number of carbonyl (C=O) groups is 4. The average Bonchev–Trinajstić information content (AvgIpc) is 3.17. The maximum Gasteiger partial charge on any atom is 0.311 e. The third-order valence-electron chi connectivity index (χ3n) is 5.06. The van der Waals surface area contributed by atoms with Gasteiger partial charge < -0.3 is 29.5 Å². The molecule has 0 radical (unpaired) electrons. The summed E-state index contributed by atoms with van der Waals surface area (Å²) in [6.45, 7) is -1.36. The minimum Gasteiger partial charge on any atom is -0.464 e. The van der Waals surface area contributed by atoms with Gasteiger partial charge in [0.05, 0.1) is 30.5 Å². The first-order valence-corrected chi connectivity index (χ1v) is 8.74. The Bertz CT molecular complexity index is 556. The monoisotopic (exact) mass is 386 g/mol. The van der Waals surface area contributed by atoms with Crippen molar-refractivity contribution in [1.29, 1.82) is 0 Å². The van der Waals surface area contributed by atoms with Crippen molar-refractivity contribution < 1.29 is 38.9 Å². The lowest BCUT2D eigenvalue weighted by molar-refractivity contribution is -0.163. The molecule has 2 rings (SSSR count). The number of aliphatic hydroxyl groups excluding tert-OH is 2. The maximum atomic E-state index is 12.1. The van der Waals surface area contributed by atoms with E-state index in [4.69, 9.17) is 9.47 Å². The minimum absolute atomic E-state index is 0.0544. The van der Waals surface area contributed by atoms with E-state index in [-0.39, 0.29) is 51.0 Å². The van der Waals surface area contributed by atoms with E-state index in [0.717, 1.165) is 0 Å². The van der Waals surface area contributed by atoms with Gasteiger partial charge in [0.15, 0.2) is 0 Å². The molecule has 10 heteroatoms. The van der Waals surface area contributed by atoms with Gasteiger partial charge in [0.2, 0.25) is 11.8 Å². The summed E-state index contributed by atoms with van der Waals surface area (Å²) in [5.74, 6) is -2.71. The third-order valence-corrected chi connectivity index (χ3v) is 5.06. The largest absolute Gasteiger partial charge is 0.464 e. The van der Waals surface area contributed by atoms with E-state index in [2.05, 4.69) is 0 Å². The van der Waals surface area contributed by atoms with Crippen LogP contribution in [0.25, 0.3) is 0 Å². The SMILES string of the molecule is CN1CC(C(=O)OCC(CO)(CO)COC(=O)C2CC(=O)N(C)C2)CC1=O. The molecular weight excluding hydrogens is 360 g/mol. The van der Waals surface area contributed by atoms with E-state index in [9.17, 15) is 29.4 Å². The molecule has 0 aromatic heterocycles. The van der Waals surface area contributed by atoms with Crippen LogP contribution >= 0.6 is 0 Å². The molecule has 27 heavy (non-hydrogen) atoms. The van der Waals surface area contributed by atoms with E-state index < -0.39 is 42.4 Å². The first-order chi connectivity index (χ1) is 12.7. The van der Waals surface area contributed by atoms with Gasteiger partial charge in [-0.05, 0) is 0 Å². The Hall–Kier alpha value is -2.20. The van der Waals surface area contributed by atoms with Crippen LogP contribution in [0.1, 0.15) is 12.8 Å². The van der Waals surface area contributed by atoms with Crippen molar-refractivity contribution in [1.82, 2.24) is 9.80 Å². The summed E-state index contributed by atoms with van der Waals surface area (Å²) in [4.78, 5) is 50.1. The molecule has 2 heterocycles. The summed E-state index contributed by atoms with van der Waals surface area (Å²) < 4.78 is 10.3. The lowest BCUT2D eigenvalue weighted by Crippen LogP contribution is -2.42. The Kier molecular flexibility index (Phi) is 6.77. The number of likely N-dealkylation sites (tertiary alicyclic amines) is 2. The van der Waals surface area contributed by atoms with Crippen LogP contribution in [0, 0.1) is 17.3 Å². The zero-order valence-electron chi connectivity index (χ0n) is 15.5. The van der Waals surface area contributed by atoms with Crippen molar-refractivity contribution in [2.24, 2.45) is 17.3 Å². The van der Waals surface area contributed by atoms with Gasteiger partial charge in [-0.25, -0.2) is 0 Å². The van der Waals surface area contributed by atoms with Crippen LogP contribution in [-0.2, 0) is 28.7 Å². The second-order valence-electron chi connectivity index (χ2n) is 7.38. The molecule has 2 N–H and O–H groups in total. The van der Waals surface area contributed by atoms with Gasteiger partial charge >= 0.3 is 11.9 Å². The molecule has 0 spiro atoms. The standard InChI is InChI=1S/C17H26N2O8/c1-18-5-11(3-13(18)22)15(24)26-9-17(7-20,8-21)10-27-16(25)12-4-14(23)19(2)6-12/h11-12,20-21H,3-10H2,1-2H3. The molecule has 0 aromatic rings. The Morgan fingerprint density at radius 2 is 1.30 bits per heavy atom. The topological polar surface area (TPSA) is 134 Å². The van der Waals surface area contributed by atoms with E-state index in [1.165, 1.54) is 9.80 Å². The predicted molar refractivity (Wildman–Crippen MR) is 90.0 cm³/mol. The van der Waals surface area contributed by atoms with Crippen LogP contribution in [0.5, 0.6) is 0 Å². The van der Waals surface area contributed by atoms with Gasteiger partial charge in [0, 0.05) is 40.0 Å². The minimum atomic E-state index is -1.35. The van der Waals surface area contributed by atoms with Gasteiger partial charge in [0.1, 0.15) is 13.2 Å². The number of hydrogen-bond acceptors (Lipinski definition) is 8. The summed E-state index contributed by atoms with van der Waals surface area (Å²) in [5.41, 5.74) is -1.35. The molecular formula is C17H26N2O8. The number of ether oxygens (including phenoxy) is 2. The van der Waals surface area contributed by atoms with Crippen molar-refractivity contribution in [2.75, 3.05) is 53.6 Å². The van der Waals surface area contributed by atoms with Crippen molar-refractivity contribution in [3.05, 3.63) is 0 Å². The molecule has 152 valence electrons. The van der Waals surface area contributed by atoms with Crippen LogP contribution in [0.15, 0.2) is 0 Å². The van der Waals surface area contributed by atoms with Gasteiger partial charge in [-0.2, -0.15) is 0 Å². The Labute approximate surface area is 157 Å². The average molecular weight is 386 g/mol. The van der Waals surface area contributed by atoms with Crippen LogP contribution in [-0.4, -0.2) is 97.4 Å². The molecule has 10 nitrogen and oxygen atoms in total. The highest BCUT2D eigenvalue weighted by Crippen LogP contribution is 2.23. The van der Waals surface area contributed by atoms with Crippen LogP contribution in [0.3, 0.4) is 0 Å². The van der Waals surface area contributed by atoms with Crippen molar-refractivity contribution in [2.45, 2.75) is 12.8 Å². The maximum absolute atomic E-state index is 12.1. The zero-order chi connectivity index (χ0) is 20.2. The number of rotatable bonds is 8. The first kappa shape index (κ1) is 21.1. The summed E-state index contributed by atoms with van der Waals surface area (Å²) in [6, 6.07) is 0. The van der Waals surface area contributed by atoms with Crippen molar-refractivity contribution in [3.63, 3.8) is 0 Å². The molecule has 2 fully saturated rings. The Morgan fingerprint density at radius 3 is 1.56 bits per heavy atom. The van der Waals surface area contributed by atoms with Crippen molar-refractivity contribution in [3.8, 4) is 0 Å². The molecule has 0 aromatic carbocycles. The summed E-state index contributed by atoms with van der Waals surface area (Å²) in [7, 11) is 3.18. The lowest BCUT2D eigenvalue weighted by atomic mass is 9.92. The number of amides is 2. The fourth-order valence-corrected chi connectivity index (χ4v) is 3.00. The fourth-order valence-electron chi connectivity index (χ4n) is 3.00. The first-order valence-electron chi connectivity index (χ1n) is 8.74. The molecule has 2 saturated heterocycles. The van der Waals surface area contributed by atoms with E-state index in [1.807, 2.05) is 0 Å². The lowest BCUT2D eigenvalue weighted by Gasteiger charge is -2.29. The van der Waals surface area contributed by atoms with Crippen LogP contribution < -0.4 is 0 Å². The van der Waals surface area contributed by atoms with Gasteiger partial charge in [-0.3, -0.25) is 19.2 Å². The van der Waals surface area contributed by atoms with Crippen LogP contribution in [0.2, 0.25) is 0 Å². The quantitative estimate of drug-likeness (QED) is 0.458. The molecule has 2 atom stereocenters. The number of carbonyl (C=O) groups excluding carboxylic acids is 4. The predicted octanol–water partition coefficient (Wildman–Crippen LogP) is -2.00. The molecule has 0 saturated carbocycles. The number of nitrogens with zero attached hydrogens (tertiary/aromatic N) is 2. The second kappa shape index (κ2) is 8.66. The molecule has 2 unspecified atom stereocenters. The van der Waals surface area contributed by atoms with Crippen molar-refractivity contribution >= 4 is 23.8 Å². The van der Waals surface area contributed by atoms with E-state index >= 15 is 0 Å². The van der Waals surface area contributed by atoms with E-state index in [1.54, 1.807) is 14.1 Å². The summed E-state index contributed by atoms with van der Waals surface area (Å²) in [5, 5.41) is 19.3.